The predicted octanol–water partition coefficient (Wildman–Crippen LogP) is 2.72. The van der Waals surface area contributed by atoms with Crippen LogP contribution in [0.4, 0.5) is 0 Å². The molecule has 3 rings (SSSR count). The average Bonchev–Trinajstić information content (AvgIpc) is 2.84. The molecule has 2 N–H and O–H groups in total. The number of benzene rings is 1. The largest absolute Gasteiger partial charge is 0.490 e. The van der Waals surface area contributed by atoms with E-state index in [9.17, 15) is 0 Å². The molecule has 2 aliphatic heterocycles. The van der Waals surface area contributed by atoms with Gasteiger partial charge in [0.2, 0.25) is 0 Å². The van der Waals surface area contributed by atoms with Gasteiger partial charge in [0.1, 0.15) is 0 Å². The molecule has 2 atom stereocenters. The van der Waals surface area contributed by atoms with E-state index in [2.05, 4.69) is 24.0 Å². The van der Waals surface area contributed by atoms with Gasteiger partial charge >= 0.3 is 0 Å². The fourth-order valence-electron chi connectivity index (χ4n) is 3.44. The van der Waals surface area contributed by atoms with Crippen LogP contribution in [-0.2, 0) is 0 Å². The maximum atomic E-state index is 6.47. The number of hydrogen-bond acceptors (Lipinski definition) is 4. The molecule has 2 unspecified atom stereocenters. The number of likely N-dealkylation sites (N-methyl/N-ethyl adjacent to an activating group) is 1. The molecule has 0 aliphatic carbocycles. The molecule has 1 aromatic rings. The van der Waals surface area contributed by atoms with Crippen molar-refractivity contribution < 1.29 is 9.47 Å². The second-order valence-corrected chi connectivity index (χ2v) is 5.99. The first-order chi connectivity index (χ1) is 10.3. The van der Waals surface area contributed by atoms with Crippen LogP contribution in [0.5, 0.6) is 11.5 Å². The van der Waals surface area contributed by atoms with Gasteiger partial charge < -0.3 is 15.2 Å². The third-order valence-electron chi connectivity index (χ3n) is 4.55. The Morgan fingerprint density at radius 2 is 1.95 bits per heavy atom. The van der Waals surface area contributed by atoms with E-state index in [1.54, 1.807) is 0 Å². The van der Waals surface area contributed by atoms with Crippen molar-refractivity contribution in [2.24, 2.45) is 5.73 Å². The van der Waals surface area contributed by atoms with E-state index in [0.717, 1.165) is 50.6 Å². The fourth-order valence-corrected chi connectivity index (χ4v) is 3.44. The first-order valence-corrected chi connectivity index (χ1v) is 8.18. The van der Waals surface area contributed by atoms with Gasteiger partial charge in [0.15, 0.2) is 11.5 Å². The fraction of sp³-hybridized carbons (Fsp3) is 0.647. The molecule has 0 bridgehead atoms. The number of fused-ring (bicyclic) bond motifs is 1. The van der Waals surface area contributed by atoms with Gasteiger partial charge in [0.05, 0.1) is 13.2 Å². The van der Waals surface area contributed by atoms with E-state index in [0.29, 0.717) is 0 Å². The van der Waals surface area contributed by atoms with Crippen molar-refractivity contribution in [1.82, 2.24) is 4.90 Å². The predicted molar refractivity (Wildman–Crippen MR) is 83.9 cm³/mol. The van der Waals surface area contributed by atoms with Crippen molar-refractivity contribution in [2.75, 3.05) is 26.3 Å². The van der Waals surface area contributed by atoms with Crippen molar-refractivity contribution in [1.29, 1.82) is 0 Å². The summed E-state index contributed by atoms with van der Waals surface area (Å²) in [6.45, 7) is 5.84. The average molecular weight is 290 g/mol. The topological polar surface area (TPSA) is 47.7 Å². The number of nitrogens with two attached hydrogens (primary N) is 1. The van der Waals surface area contributed by atoms with Gasteiger partial charge in [-0.2, -0.15) is 0 Å². The molecule has 1 fully saturated rings. The number of ether oxygens (including phenoxy) is 2. The van der Waals surface area contributed by atoms with Gasteiger partial charge in [-0.05, 0) is 43.6 Å². The molecular weight excluding hydrogens is 264 g/mol. The Morgan fingerprint density at radius 1 is 1.14 bits per heavy atom. The van der Waals surface area contributed by atoms with Gasteiger partial charge in [-0.25, -0.2) is 0 Å². The second kappa shape index (κ2) is 6.67. The summed E-state index contributed by atoms with van der Waals surface area (Å²) in [5.74, 6) is 1.74. The van der Waals surface area contributed by atoms with Gasteiger partial charge in [0, 0.05) is 18.5 Å². The third kappa shape index (κ3) is 3.16. The first kappa shape index (κ1) is 14.7. The summed E-state index contributed by atoms with van der Waals surface area (Å²) in [5.41, 5.74) is 7.73. The van der Waals surface area contributed by atoms with Crippen molar-refractivity contribution in [2.45, 2.75) is 44.7 Å². The Kier molecular flexibility index (Phi) is 4.66. The Hall–Kier alpha value is -1.26. The second-order valence-electron chi connectivity index (χ2n) is 5.99. The summed E-state index contributed by atoms with van der Waals surface area (Å²) in [7, 11) is 0. The molecule has 0 saturated carbocycles. The van der Waals surface area contributed by atoms with E-state index in [4.69, 9.17) is 15.2 Å². The number of rotatable bonds is 2. The van der Waals surface area contributed by atoms with E-state index in [1.807, 2.05) is 6.07 Å². The summed E-state index contributed by atoms with van der Waals surface area (Å²) >= 11 is 0. The van der Waals surface area contributed by atoms with E-state index < -0.39 is 0 Å². The molecule has 4 nitrogen and oxygen atoms in total. The van der Waals surface area contributed by atoms with Crippen LogP contribution in [0, 0.1) is 0 Å². The van der Waals surface area contributed by atoms with Crippen LogP contribution in [0.2, 0.25) is 0 Å². The monoisotopic (exact) mass is 290 g/mol. The van der Waals surface area contributed by atoms with E-state index in [1.165, 1.54) is 18.4 Å². The van der Waals surface area contributed by atoms with E-state index >= 15 is 0 Å². The lowest BCUT2D eigenvalue weighted by Crippen LogP contribution is -2.39. The Bertz CT molecular complexity index is 478. The van der Waals surface area contributed by atoms with Crippen LogP contribution in [0.3, 0.4) is 0 Å². The lowest BCUT2D eigenvalue weighted by atomic mass is 9.96. The summed E-state index contributed by atoms with van der Waals surface area (Å²) in [6, 6.07) is 6.82. The molecule has 0 radical (unpaired) electrons. The van der Waals surface area contributed by atoms with Crippen LogP contribution >= 0.6 is 0 Å². The van der Waals surface area contributed by atoms with Crippen LogP contribution in [0.15, 0.2) is 18.2 Å². The van der Waals surface area contributed by atoms with Gasteiger partial charge in [-0.3, -0.25) is 4.90 Å². The molecule has 2 heterocycles. The number of likely N-dealkylation sites (tertiary alicyclic amines) is 1. The summed E-state index contributed by atoms with van der Waals surface area (Å²) < 4.78 is 11.6. The Labute approximate surface area is 127 Å². The third-order valence-corrected chi connectivity index (χ3v) is 4.55. The first-order valence-electron chi connectivity index (χ1n) is 8.18. The van der Waals surface area contributed by atoms with Crippen molar-refractivity contribution >= 4 is 0 Å². The van der Waals surface area contributed by atoms with Crippen LogP contribution in [0.25, 0.3) is 0 Å². The zero-order valence-electron chi connectivity index (χ0n) is 12.9. The van der Waals surface area contributed by atoms with Crippen LogP contribution in [0.1, 0.15) is 44.2 Å². The zero-order chi connectivity index (χ0) is 14.7. The van der Waals surface area contributed by atoms with Gasteiger partial charge in [-0.15, -0.1) is 0 Å². The van der Waals surface area contributed by atoms with Gasteiger partial charge in [0.25, 0.3) is 0 Å². The Balaban J connectivity index is 1.91. The maximum Gasteiger partial charge on any atom is 0.161 e. The highest BCUT2D eigenvalue weighted by Crippen LogP contribution is 2.36. The molecule has 0 aromatic heterocycles. The molecule has 21 heavy (non-hydrogen) atoms. The molecule has 1 aromatic carbocycles. The quantitative estimate of drug-likeness (QED) is 0.910. The minimum atomic E-state index is 0.192. The highest BCUT2D eigenvalue weighted by atomic mass is 16.5. The number of hydrogen-bond donors (Lipinski definition) is 1. The van der Waals surface area contributed by atoms with Crippen molar-refractivity contribution in [3.63, 3.8) is 0 Å². The minimum absolute atomic E-state index is 0.192. The summed E-state index contributed by atoms with van der Waals surface area (Å²) in [5, 5.41) is 0. The molecule has 1 saturated heterocycles. The Morgan fingerprint density at radius 3 is 2.76 bits per heavy atom. The SMILES string of the molecule is CCN1CCCCC(N)C1c1ccc2c(c1)OCCCO2. The molecular formula is C17H26N2O2. The zero-order valence-corrected chi connectivity index (χ0v) is 12.9. The van der Waals surface area contributed by atoms with Gasteiger partial charge in [-0.1, -0.05) is 19.4 Å². The number of nitrogens with zero attached hydrogens (tertiary/aromatic N) is 1. The molecule has 116 valence electrons. The highest BCUT2D eigenvalue weighted by molar-refractivity contribution is 5.44. The smallest absolute Gasteiger partial charge is 0.161 e. The maximum absolute atomic E-state index is 6.47. The minimum Gasteiger partial charge on any atom is -0.490 e. The molecule has 2 aliphatic rings. The van der Waals surface area contributed by atoms with Crippen molar-refractivity contribution in [3.05, 3.63) is 23.8 Å². The standard InChI is InChI=1S/C17H26N2O2/c1-2-19-9-4-3-6-14(18)17(19)13-7-8-15-16(12-13)21-11-5-10-20-15/h7-8,12,14,17H,2-6,9-11,18H2,1H3. The van der Waals surface area contributed by atoms with Crippen LogP contribution in [-0.4, -0.2) is 37.2 Å². The van der Waals surface area contributed by atoms with Crippen LogP contribution < -0.4 is 15.2 Å². The van der Waals surface area contributed by atoms with E-state index in [-0.39, 0.29) is 12.1 Å². The molecule has 0 amide bonds. The highest BCUT2D eigenvalue weighted by Gasteiger charge is 2.28. The molecule has 0 spiro atoms. The van der Waals surface area contributed by atoms with Crippen molar-refractivity contribution in [3.8, 4) is 11.5 Å². The molecule has 4 heteroatoms. The summed E-state index contributed by atoms with van der Waals surface area (Å²) in [4.78, 5) is 2.50. The lowest BCUT2D eigenvalue weighted by molar-refractivity contribution is 0.195. The lowest BCUT2D eigenvalue weighted by Gasteiger charge is -2.33. The normalized spacial score (nSPS) is 27.0. The summed E-state index contributed by atoms with van der Waals surface area (Å²) in [6.07, 6.45) is 4.49.